The van der Waals surface area contributed by atoms with Crippen LogP contribution in [0.3, 0.4) is 0 Å². The molecule has 0 fully saturated rings. The number of allylic oxidation sites excluding steroid dienone is 2. The molecule has 0 bridgehead atoms. The lowest BCUT2D eigenvalue weighted by atomic mass is 9.95. The van der Waals surface area contributed by atoms with Gasteiger partial charge in [0.15, 0.2) is 11.5 Å². The monoisotopic (exact) mass is 353 g/mol. The summed E-state index contributed by atoms with van der Waals surface area (Å²) in [4.78, 5) is 30.6. The van der Waals surface area contributed by atoms with Crippen LogP contribution >= 0.6 is 7.60 Å². The van der Waals surface area contributed by atoms with Gasteiger partial charge in [-0.25, -0.2) is 15.0 Å². The Morgan fingerprint density at radius 2 is 1.96 bits per heavy atom. The SMILES string of the molecule is CC1=C(C)CC(COCP(=O)(O)O)(n2cnc3c(N)ncnc32)C1. The number of nitrogens with zero attached hydrogens (tertiary/aromatic N) is 4. The number of fused-ring (bicyclic) bond motifs is 1. The fourth-order valence-electron chi connectivity index (χ4n) is 3.25. The Morgan fingerprint density at radius 1 is 1.29 bits per heavy atom. The van der Waals surface area contributed by atoms with Crippen molar-refractivity contribution >= 4 is 24.6 Å². The van der Waals surface area contributed by atoms with E-state index in [2.05, 4.69) is 15.0 Å². The van der Waals surface area contributed by atoms with Gasteiger partial charge in [0.25, 0.3) is 0 Å². The highest BCUT2D eigenvalue weighted by molar-refractivity contribution is 7.51. The molecule has 9 nitrogen and oxygen atoms in total. The van der Waals surface area contributed by atoms with E-state index in [1.54, 1.807) is 6.33 Å². The molecule has 0 saturated carbocycles. The first-order valence-electron chi connectivity index (χ1n) is 7.43. The zero-order valence-electron chi connectivity index (χ0n) is 13.5. The summed E-state index contributed by atoms with van der Waals surface area (Å²) < 4.78 is 18.3. The summed E-state index contributed by atoms with van der Waals surface area (Å²) >= 11 is 0. The first-order chi connectivity index (χ1) is 11.2. The van der Waals surface area contributed by atoms with Crippen molar-refractivity contribution in [3.05, 3.63) is 23.8 Å². The Kier molecular flexibility index (Phi) is 4.21. The summed E-state index contributed by atoms with van der Waals surface area (Å²) in [5.74, 6) is 0.296. The zero-order chi connectivity index (χ0) is 17.5. The Hall–Kier alpha value is -1.80. The molecule has 0 spiro atoms. The van der Waals surface area contributed by atoms with E-state index in [0.29, 0.717) is 29.8 Å². The van der Waals surface area contributed by atoms with Crippen molar-refractivity contribution in [2.24, 2.45) is 0 Å². The van der Waals surface area contributed by atoms with E-state index in [-0.39, 0.29) is 6.61 Å². The van der Waals surface area contributed by atoms with Gasteiger partial charge in [0.1, 0.15) is 18.2 Å². The number of aromatic nitrogens is 4. The molecule has 130 valence electrons. The molecule has 4 N–H and O–H groups in total. The molecule has 2 heterocycles. The van der Waals surface area contributed by atoms with Crippen LogP contribution in [0.5, 0.6) is 0 Å². The third-order valence-corrected chi connectivity index (χ3v) is 4.94. The molecular weight excluding hydrogens is 333 g/mol. The first-order valence-corrected chi connectivity index (χ1v) is 9.23. The van der Waals surface area contributed by atoms with Crippen LogP contribution in [0.15, 0.2) is 23.8 Å². The number of ether oxygens (including phenoxy) is 1. The predicted octanol–water partition coefficient (Wildman–Crippen LogP) is 1.39. The van der Waals surface area contributed by atoms with Crippen LogP contribution < -0.4 is 5.73 Å². The third kappa shape index (κ3) is 3.08. The van der Waals surface area contributed by atoms with Crippen molar-refractivity contribution in [2.75, 3.05) is 18.7 Å². The summed E-state index contributed by atoms with van der Waals surface area (Å²) in [5, 5.41) is 0. The van der Waals surface area contributed by atoms with E-state index < -0.39 is 19.5 Å². The summed E-state index contributed by atoms with van der Waals surface area (Å²) in [6.07, 6.45) is 3.78. The molecule has 0 amide bonds. The quantitative estimate of drug-likeness (QED) is 0.542. The van der Waals surface area contributed by atoms with Crippen molar-refractivity contribution in [1.29, 1.82) is 0 Å². The second-order valence-electron chi connectivity index (χ2n) is 6.33. The molecule has 2 aromatic heterocycles. The van der Waals surface area contributed by atoms with Gasteiger partial charge in [-0.3, -0.25) is 4.57 Å². The van der Waals surface area contributed by atoms with Gasteiger partial charge in [-0.15, -0.1) is 0 Å². The summed E-state index contributed by atoms with van der Waals surface area (Å²) in [5.41, 5.74) is 8.86. The van der Waals surface area contributed by atoms with Crippen molar-refractivity contribution in [3.8, 4) is 0 Å². The van der Waals surface area contributed by atoms with Crippen molar-refractivity contribution in [3.63, 3.8) is 0 Å². The average Bonchev–Trinajstić information content (AvgIpc) is 3.02. The Bertz CT molecular complexity index is 842. The maximum Gasteiger partial charge on any atom is 0.350 e. The van der Waals surface area contributed by atoms with Crippen LogP contribution in [0, 0.1) is 0 Å². The van der Waals surface area contributed by atoms with Crippen LogP contribution in [0.4, 0.5) is 5.82 Å². The fraction of sp³-hybridized carbons (Fsp3) is 0.500. The molecule has 0 unspecified atom stereocenters. The molecule has 0 saturated heterocycles. The molecule has 0 aromatic carbocycles. The van der Waals surface area contributed by atoms with Crippen molar-refractivity contribution in [2.45, 2.75) is 32.2 Å². The Labute approximate surface area is 138 Å². The maximum absolute atomic E-state index is 11.1. The number of imidazole rings is 1. The lowest BCUT2D eigenvalue weighted by Gasteiger charge is -2.31. The van der Waals surface area contributed by atoms with E-state index in [1.807, 2.05) is 18.4 Å². The summed E-state index contributed by atoms with van der Waals surface area (Å²) in [7, 11) is -4.22. The molecular formula is C14H20N5O4P. The normalized spacial score (nSPS) is 17.8. The number of nitrogen functional groups attached to an aromatic ring is 1. The van der Waals surface area contributed by atoms with E-state index in [1.165, 1.54) is 17.5 Å². The molecule has 24 heavy (non-hydrogen) atoms. The highest BCUT2D eigenvalue weighted by atomic mass is 31.2. The van der Waals surface area contributed by atoms with Crippen molar-refractivity contribution < 1.29 is 19.1 Å². The average molecular weight is 353 g/mol. The van der Waals surface area contributed by atoms with E-state index in [9.17, 15) is 4.57 Å². The largest absolute Gasteiger partial charge is 0.382 e. The minimum absolute atomic E-state index is 0.141. The lowest BCUT2D eigenvalue weighted by molar-refractivity contribution is 0.0728. The molecule has 0 aliphatic heterocycles. The zero-order valence-corrected chi connectivity index (χ0v) is 14.4. The Morgan fingerprint density at radius 3 is 2.58 bits per heavy atom. The van der Waals surface area contributed by atoms with Gasteiger partial charge >= 0.3 is 7.60 Å². The van der Waals surface area contributed by atoms with Crippen LogP contribution in [-0.2, 0) is 14.8 Å². The van der Waals surface area contributed by atoms with Crippen LogP contribution in [0.2, 0.25) is 0 Å². The van der Waals surface area contributed by atoms with E-state index in [4.69, 9.17) is 20.3 Å². The summed E-state index contributed by atoms with van der Waals surface area (Å²) in [6, 6.07) is 0. The van der Waals surface area contributed by atoms with Gasteiger partial charge in [-0.05, 0) is 26.7 Å². The maximum atomic E-state index is 11.1. The minimum Gasteiger partial charge on any atom is -0.382 e. The molecule has 0 atom stereocenters. The standard InChI is InChI=1S/C14H20N5O4P/c1-9-3-14(4-10(9)2,5-23-8-24(20,21)22)19-7-18-11-12(15)16-6-17-13(11)19/h6-7H,3-5,8H2,1-2H3,(H2,15,16,17)(H2,20,21,22). The topological polar surface area (TPSA) is 136 Å². The van der Waals surface area contributed by atoms with E-state index >= 15 is 0 Å². The highest BCUT2D eigenvalue weighted by Gasteiger charge is 2.40. The van der Waals surface area contributed by atoms with Gasteiger partial charge in [0.05, 0.1) is 18.5 Å². The number of anilines is 1. The molecule has 1 aliphatic rings. The second-order valence-corrected chi connectivity index (χ2v) is 7.91. The third-order valence-electron chi connectivity index (χ3n) is 4.42. The van der Waals surface area contributed by atoms with Crippen LogP contribution in [0.1, 0.15) is 26.7 Å². The lowest BCUT2D eigenvalue weighted by Crippen LogP contribution is -2.36. The fourth-order valence-corrected chi connectivity index (χ4v) is 3.58. The molecule has 1 aliphatic carbocycles. The minimum atomic E-state index is -4.22. The van der Waals surface area contributed by atoms with Gasteiger partial charge in [0, 0.05) is 0 Å². The van der Waals surface area contributed by atoms with Crippen LogP contribution in [-0.4, -0.2) is 42.3 Å². The number of hydrogen-bond acceptors (Lipinski definition) is 6. The molecule has 0 radical (unpaired) electrons. The van der Waals surface area contributed by atoms with E-state index in [0.717, 1.165) is 0 Å². The smallest absolute Gasteiger partial charge is 0.350 e. The van der Waals surface area contributed by atoms with Crippen molar-refractivity contribution in [1.82, 2.24) is 19.5 Å². The Balaban J connectivity index is 1.99. The second kappa shape index (κ2) is 5.93. The summed E-state index contributed by atoms with van der Waals surface area (Å²) in [6.45, 7) is 4.23. The van der Waals surface area contributed by atoms with Gasteiger partial charge < -0.3 is 24.8 Å². The molecule has 10 heteroatoms. The van der Waals surface area contributed by atoms with Gasteiger partial charge in [-0.2, -0.15) is 0 Å². The predicted molar refractivity (Wildman–Crippen MR) is 88.2 cm³/mol. The molecule has 3 rings (SSSR count). The van der Waals surface area contributed by atoms with Crippen LogP contribution in [0.25, 0.3) is 11.2 Å². The number of rotatable bonds is 5. The molecule has 2 aromatic rings. The first kappa shape index (κ1) is 17.0. The van der Waals surface area contributed by atoms with Gasteiger partial charge in [0.2, 0.25) is 0 Å². The highest BCUT2D eigenvalue weighted by Crippen LogP contribution is 2.43. The number of nitrogens with two attached hydrogens (primary N) is 1. The van der Waals surface area contributed by atoms with Gasteiger partial charge in [-0.1, -0.05) is 11.1 Å². The number of hydrogen-bond donors (Lipinski definition) is 3.